The molecule has 0 aromatic heterocycles. The summed E-state index contributed by atoms with van der Waals surface area (Å²) in [5.74, 6) is 0. The van der Waals surface area contributed by atoms with E-state index in [1.165, 1.54) is 32.1 Å². The summed E-state index contributed by atoms with van der Waals surface area (Å²) in [6.07, 6.45) is 10.2. The summed E-state index contributed by atoms with van der Waals surface area (Å²) in [6.45, 7) is 0.708. The van der Waals surface area contributed by atoms with Gasteiger partial charge in [-0.1, -0.05) is 19.3 Å². The van der Waals surface area contributed by atoms with Gasteiger partial charge in [0.05, 0.1) is 0 Å². The Kier molecular flexibility index (Phi) is 4.02. The maximum atomic E-state index is 11.0. The van der Waals surface area contributed by atoms with Gasteiger partial charge in [-0.25, -0.2) is 4.74 Å². The highest BCUT2D eigenvalue weighted by Gasteiger charge is 1.98. The molecule has 0 N–H and O–H groups in total. The van der Waals surface area contributed by atoms with E-state index >= 15 is 0 Å². The van der Waals surface area contributed by atoms with E-state index in [9.17, 15) is 5.21 Å². The molecule has 0 bridgehead atoms. The second-order valence-electron chi connectivity index (χ2n) is 3.23. The molecule has 1 aliphatic heterocycles. The van der Waals surface area contributed by atoms with Gasteiger partial charge in [0.15, 0.2) is 12.8 Å². The molecular weight excluding hydrogens is 138 g/mol. The molecule has 64 valence electrons. The van der Waals surface area contributed by atoms with Crippen LogP contribution < -0.4 is 0 Å². The molecule has 0 unspecified atom stereocenters. The van der Waals surface area contributed by atoms with Gasteiger partial charge in [0, 0.05) is 12.8 Å². The van der Waals surface area contributed by atoms with E-state index in [2.05, 4.69) is 0 Å². The summed E-state index contributed by atoms with van der Waals surface area (Å²) in [6, 6.07) is 0. The molecule has 2 heteroatoms. The van der Waals surface area contributed by atoms with Crippen LogP contribution in [0.4, 0.5) is 0 Å². The third-order valence-electron chi connectivity index (χ3n) is 2.17. The molecule has 0 radical (unpaired) electrons. The van der Waals surface area contributed by atoms with E-state index in [1.54, 1.807) is 6.21 Å². The Hall–Kier alpha value is -0.530. The summed E-state index contributed by atoms with van der Waals surface area (Å²) >= 11 is 0. The molecule has 0 aromatic rings. The fraction of sp³-hybridized carbons (Fsp3) is 0.889. The number of hydroxylamine groups is 1. The second kappa shape index (κ2) is 5.16. The topological polar surface area (TPSA) is 26.1 Å². The van der Waals surface area contributed by atoms with Crippen LogP contribution in [0, 0.1) is 5.21 Å². The zero-order valence-corrected chi connectivity index (χ0v) is 7.09. The molecule has 1 heterocycles. The molecule has 0 spiro atoms. The van der Waals surface area contributed by atoms with Crippen LogP contribution in [-0.4, -0.2) is 17.5 Å². The molecule has 0 atom stereocenters. The van der Waals surface area contributed by atoms with Crippen molar-refractivity contribution in [3.8, 4) is 0 Å². The molecule has 0 fully saturated rings. The first-order chi connectivity index (χ1) is 5.39. The predicted octanol–water partition coefficient (Wildman–Crippen LogP) is 2.31. The third kappa shape index (κ3) is 4.02. The fourth-order valence-corrected chi connectivity index (χ4v) is 1.45. The maximum absolute atomic E-state index is 11.0. The minimum Gasteiger partial charge on any atom is -0.624 e. The summed E-state index contributed by atoms with van der Waals surface area (Å²) < 4.78 is 1.10. The summed E-state index contributed by atoms with van der Waals surface area (Å²) in [5, 5.41) is 11.0. The standard InChI is InChI=1S/C9H17NO/c11-10-8-6-4-2-1-3-5-7-9-10/h8H,1-7,9H2/b10-8-. The Morgan fingerprint density at radius 3 is 2.36 bits per heavy atom. The van der Waals surface area contributed by atoms with Crippen LogP contribution in [0.2, 0.25) is 0 Å². The number of nitrogens with zero attached hydrogens (tertiary/aromatic N) is 1. The highest BCUT2D eigenvalue weighted by Crippen LogP contribution is 2.07. The van der Waals surface area contributed by atoms with Gasteiger partial charge in [0.2, 0.25) is 0 Å². The lowest BCUT2D eigenvalue weighted by atomic mass is 10.1. The summed E-state index contributed by atoms with van der Waals surface area (Å²) in [7, 11) is 0. The zero-order chi connectivity index (χ0) is 7.94. The van der Waals surface area contributed by atoms with Crippen LogP contribution in [0.3, 0.4) is 0 Å². The Balaban J connectivity index is 2.27. The van der Waals surface area contributed by atoms with E-state index in [0.717, 1.165) is 17.6 Å². The van der Waals surface area contributed by atoms with E-state index in [4.69, 9.17) is 0 Å². The predicted molar refractivity (Wildman–Crippen MR) is 46.9 cm³/mol. The van der Waals surface area contributed by atoms with Crippen molar-refractivity contribution in [1.29, 1.82) is 0 Å². The van der Waals surface area contributed by atoms with Gasteiger partial charge in [-0.05, 0) is 12.8 Å². The average molecular weight is 155 g/mol. The molecule has 11 heavy (non-hydrogen) atoms. The second-order valence-corrected chi connectivity index (χ2v) is 3.23. The van der Waals surface area contributed by atoms with Gasteiger partial charge < -0.3 is 5.21 Å². The van der Waals surface area contributed by atoms with Crippen molar-refractivity contribution in [3.05, 3.63) is 5.21 Å². The van der Waals surface area contributed by atoms with Crippen LogP contribution in [0.1, 0.15) is 44.9 Å². The van der Waals surface area contributed by atoms with E-state index < -0.39 is 0 Å². The molecule has 0 saturated carbocycles. The Labute approximate surface area is 68.5 Å². The molecular formula is C9H17NO. The molecule has 0 aliphatic carbocycles. The van der Waals surface area contributed by atoms with Crippen molar-refractivity contribution >= 4 is 6.21 Å². The first-order valence-corrected chi connectivity index (χ1v) is 4.67. The van der Waals surface area contributed by atoms with Gasteiger partial charge in [-0.2, -0.15) is 0 Å². The van der Waals surface area contributed by atoms with Gasteiger partial charge in [-0.3, -0.25) is 0 Å². The van der Waals surface area contributed by atoms with Crippen molar-refractivity contribution in [2.75, 3.05) is 6.54 Å². The Morgan fingerprint density at radius 2 is 1.55 bits per heavy atom. The molecule has 1 aliphatic rings. The molecule has 1 rings (SSSR count). The average Bonchev–Trinajstić information content (AvgIpc) is 2.03. The first kappa shape index (κ1) is 8.57. The highest BCUT2D eigenvalue weighted by molar-refractivity contribution is 5.50. The highest BCUT2D eigenvalue weighted by atomic mass is 16.5. The zero-order valence-electron chi connectivity index (χ0n) is 7.09. The molecule has 0 amide bonds. The molecule has 0 saturated heterocycles. The lowest BCUT2D eigenvalue weighted by Gasteiger charge is -2.06. The maximum Gasteiger partial charge on any atom is 0.153 e. The minimum absolute atomic E-state index is 0.708. The van der Waals surface area contributed by atoms with Crippen molar-refractivity contribution in [1.82, 2.24) is 0 Å². The lowest BCUT2D eigenvalue weighted by molar-refractivity contribution is -0.454. The lowest BCUT2D eigenvalue weighted by Crippen LogP contribution is -2.07. The number of hydrogen-bond donors (Lipinski definition) is 0. The monoisotopic (exact) mass is 155 g/mol. The van der Waals surface area contributed by atoms with Crippen LogP contribution in [-0.2, 0) is 0 Å². The van der Waals surface area contributed by atoms with E-state index in [1.807, 2.05) is 0 Å². The van der Waals surface area contributed by atoms with Crippen molar-refractivity contribution in [3.63, 3.8) is 0 Å². The first-order valence-electron chi connectivity index (χ1n) is 4.67. The fourth-order valence-electron chi connectivity index (χ4n) is 1.45. The van der Waals surface area contributed by atoms with Gasteiger partial charge in [-0.15, -0.1) is 0 Å². The van der Waals surface area contributed by atoms with Crippen molar-refractivity contribution in [2.24, 2.45) is 0 Å². The van der Waals surface area contributed by atoms with Gasteiger partial charge in [0.1, 0.15) is 0 Å². The summed E-state index contributed by atoms with van der Waals surface area (Å²) in [5.41, 5.74) is 0. The normalized spacial score (nSPS) is 27.1. The van der Waals surface area contributed by atoms with Crippen LogP contribution >= 0.6 is 0 Å². The quantitative estimate of drug-likeness (QED) is 0.389. The SMILES string of the molecule is [O-]/[N+]1=C\CCCCCCCC1. The number of rotatable bonds is 0. The molecule has 2 nitrogen and oxygen atoms in total. The Morgan fingerprint density at radius 1 is 0.909 bits per heavy atom. The molecule has 0 aromatic carbocycles. The van der Waals surface area contributed by atoms with Crippen LogP contribution in [0.5, 0.6) is 0 Å². The van der Waals surface area contributed by atoms with Crippen LogP contribution in [0.25, 0.3) is 0 Å². The third-order valence-corrected chi connectivity index (χ3v) is 2.17. The summed E-state index contributed by atoms with van der Waals surface area (Å²) in [4.78, 5) is 0. The largest absolute Gasteiger partial charge is 0.624 e. The minimum atomic E-state index is 0.708. The van der Waals surface area contributed by atoms with Gasteiger partial charge >= 0.3 is 0 Å². The van der Waals surface area contributed by atoms with Crippen molar-refractivity contribution < 1.29 is 4.74 Å². The smallest absolute Gasteiger partial charge is 0.153 e. The number of hydrogen-bond acceptors (Lipinski definition) is 1. The van der Waals surface area contributed by atoms with E-state index in [-0.39, 0.29) is 0 Å². The Bertz CT molecular complexity index is 132. The van der Waals surface area contributed by atoms with Crippen LogP contribution in [0.15, 0.2) is 0 Å². The van der Waals surface area contributed by atoms with E-state index in [0.29, 0.717) is 6.54 Å². The van der Waals surface area contributed by atoms with Gasteiger partial charge in [0.25, 0.3) is 0 Å². The van der Waals surface area contributed by atoms with Crippen molar-refractivity contribution in [2.45, 2.75) is 44.9 Å².